The summed E-state index contributed by atoms with van der Waals surface area (Å²) in [5, 5.41) is 1.44. The van der Waals surface area contributed by atoms with Crippen molar-refractivity contribution in [3.8, 4) is 5.69 Å². The van der Waals surface area contributed by atoms with Crippen LogP contribution in [0.4, 0.5) is 0 Å². The van der Waals surface area contributed by atoms with Crippen LogP contribution in [0.5, 0.6) is 0 Å². The number of hydrogen-bond donors (Lipinski definition) is 0. The van der Waals surface area contributed by atoms with Crippen molar-refractivity contribution in [2.45, 2.75) is 27.3 Å². The highest BCUT2D eigenvalue weighted by Gasteiger charge is 2.22. The third-order valence-electron chi connectivity index (χ3n) is 4.25. The second kappa shape index (κ2) is 6.62. The van der Waals surface area contributed by atoms with Crippen LogP contribution in [0.25, 0.3) is 16.6 Å². The molecule has 1 aromatic heterocycles. The molecule has 0 N–H and O–H groups in total. The molecule has 3 aromatic rings. The number of halogens is 1. The zero-order valence-corrected chi connectivity index (χ0v) is 14.8. The molecule has 0 unspecified atom stereocenters. The fourth-order valence-electron chi connectivity index (χ4n) is 3.00. The first kappa shape index (κ1) is 16.5. The van der Waals surface area contributed by atoms with E-state index in [4.69, 9.17) is 11.6 Å². The number of aromatic nitrogens is 2. The molecule has 0 aliphatic heterocycles. The second-order valence-corrected chi connectivity index (χ2v) is 6.49. The average molecular weight is 340 g/mol. The molecular formula is C20H20ClN2O+. The van der Waals surface area contributed by atoms with Crippen LogP contribution in [0.3, 0.4) is 0 Å². The molecule has 0 amide bonds. The summed E-state index contributed by atoms with van der Waals surface area (Å²) in [7, 11) is 0. The molecule has 2 aromatic carbocycles. The number of fused-ring (bicyclic) bond motifs is 1. The fraction of sp³-hybridized carbons (Fsp3) is 0.200. The first-order valence-electron chi connectivity index (χ1n) is 7.93. The standard InChI is InChI=1S/C20H20ClN2O/c1-14-8-4-6-10-18(14)23-16(3)22(13-12-15(2)21)19-11-7-5-9-17(19)20(23)24/h4-12H,13H2,1-3H3/q+1/b15-12+. The van der Waals surface area contributed by atoms with Crippen molar-refractivity contribution in [3.63, 3.8) is 0 Å². The lowest BCUT2D eigenvalue weighted by molar-refractivity contribution is -0.671. The molecule has 0 spiro atoms. The predicted molar refractivity (Wildman–Crippen MR) is 98.8 cm³/mol. The van der Waals surface area contributed by atoms with Crippen molar-refractivity contribution in [1.29, 1.82) is 0 Å². The molecule has 0 saturated heterocycles. The van der Waals surface area contributed by atoms with Crippen LogP contribution in [0.2, 0.25) is 0 Å². The van der Waals surface area contributed by atoms with Crippen molar-refractivity contribution in [2.75, 3.05) is 0 Å². The maximum absolute atomic E-state index is 13.1. The molecule has 0 radical (unpaired) electrons. The maximum Gasteiger partial charge on any atom is 0.350 e. The topological polar surface area (TPSA) is 25.9 Å². The van der Waals surface area contributed by atoms with Gasteiger partial charge in [0.25, 0.3) is 5.82 Å². The molecule has 3 nitrogen and oxygen atoms in total. The molecule has 122 valence electrons. The number of nitrogens with zero attached hydrogens (tertiary/aromatic N) is 2. The lowest BCUT2D eigenvalue weighted by Gasteiger charge is -2.12. The van der Waals surface area contributed by atoms with Crippen LogP contribution in [-0.4, -0.2) is 4.57 Å². The SMILES string of the molecule is C/C(Cl)=C\C[n+]1c(C)n(-c2ccccc2C)c(=O)c2ccccc21. The highest BCUT2D eigenvalue weighted by Crippen LogP contribution is 2.15. The van der Waals surface area contributed by atoms with Crippen LogP contribution < -0.4 is 10.1 Å². The highest BCUT2D eigenvalue weighted by molar-refractivity contribution is 6.29. The zero-order valence-electron chi connectivity index (χ0n) is 14.1. The molecule has 1 heterocycles. The van der Waals surface area contributed by atoms with Crippen LogP contribution in [0, 0.1) is 13.8 Å². The van der Waals surface area contributed by atoms with Crippen molar-refractivity contribution in [3.05, 3.63) is 81.4 Å². The van der Waals surface area contributed by atoms with Gasteiger partial charge >= 0.3 is 5.56 Å². The van der Waals surface area contributed by atoms with Crippen molar-refractivity contribution in [2.24, 2.45) is 0 Å². The van der Waals surface area contributed by atoms with Gasteiger partial charge in [0, 0.05) is 12.0 Å². The van der Waals surface area contributed by atoms with Crippen molar-refractivity contribution in [1.82, 2.24) is 4.57 Å². The number of hydrogen-bond acceptors (Lipinski definition) is 1. The average Bonchev–Trinajstić information content (AvgIpc) is 2.56. The minimum Gasteiger partial charge on any atom is -0.240 e. The Morgan fingerprint density at radius 3 is 2.50 bits per heavy atom. The summed E-state index contributed by atoms with van der Waals surface area (Å²) in [6, 6.07) is 15.6. The Balaban J connectivity index is 2.41. The maximum atomic E-state index is 13.1. The second-order valence-electron chi connectivity index (χ2n) is 5.89. The molecule has 3 rings (SSSR count). The summed E-state index contributed by atoms with van der Waals surface area (Å²) >= 11 is 6.02. The quantitative estimate of drug-likeness (QED) is 0.661. The molecule has 0 fully saturated rings. The Kier molecular flexibility index (Phi) is 4.54. The van der Waals surface area contributed by atoms with E-state index in [-0.39, 0.29) is 5.56 Å². The molecule has 0 aliphatic rings. The largest absolute Gasteiger partial charge is 0.350 e. The van der Waals surface area contributed by atoms with E-state index in [1.807, 2.05) is 75.4 Å². The lowest BCUT2D eigenvalue weighted by atomic mass is 10.1. The van der Waals surface area contributed by atoms with Crippen LogP contribution >= 0.6 is 11.6 Å². The summed E-state index contributed by atoms with van der Waals surface area (Å²) in [5.41, 5.74) is 2.89. The fourth-order valence-corrected chi connectivity index (χ4v) is 3.07. The third-order valence-corrected chi connectivity index (χ3v) is 4.41. The summed E-state index contributed by atoms with van der Waals surface area (Å²) in [6.45, 7) is 6.46. The van der Waals surface area contributed by atoms with E-state index in [1.165, 1.54) is 0 Å². The summed E-state index contributed by atoms with van der Waals surface area (Å²) in [5.74, 6) is 0.877. The van der Waals surface area contributed by atoms with Gasteiger partial charge in [0.05, 0.1) is 0 Å². The van der Waals surface area contributed by atoms with Gasteiger partial charge in [0.2, 0.25) is 0 Å². The van der Waals surface area contributed by atoms with Crippen molar-refractivity contribution < 1.29 is 4.57 Å². The monoisotopic (exact) mass is 339 g/mol. The third kappa shape index (κ3) is 2.87. The van der Waals surface area contributed by atoms with Gasteiger partial charge in [0.1, 0.15) is 23.1 Å². The number of allylic oxidation sites excluding steroid dienone is 2. The first-order chi connectivity index (χ1) is 11.5. The minimum absolute atomic E-state index is 0.000208. The van der Waals surface area contributed by atoms with E-state index in [9.17, 15) is 4.79 Å². The minimum atomic E-state index is 0.000208. The lowest BCUT2D eigenvalue weighted by Crippen LogP contribution is -2.44. The molecule has 0 bridgehead atoms. The van der Waals surface area contributed by atoms with E-state index in [2.05, 4.69) is 4.57 Å². The Bertz CT molecular complexity index is 998. The van der Waals surface area contributed by atoms with Gasteiger partial charge in [-0.25, -0.2) is 9.36 Å². The summed E-state index contributed by atoms with van der Waals surface area (Å²) < 4.78 is 3.91. The predicted octanol–water partition coefficient (Wildman–Crippen LogP) is 4.04. The summed E-state index contributed by atoms with van der Waals surface area (Å²) in [4.78, 5) is 13.1. The van der Waals surface area contributed by atoms with Gasteiger partial charge < -0.3 is 0 Å². The van der Waals surface area contributed by atoms with Gasteiger partial charge in [-0.3, -0.25) is 0 Å². The smallest absolute Gasteiger partial charge is 0.240 e. The normalized spacial score (nSPS) is 11.9. The summed E-state index contributed by atoms with van der Waals surface area (Å²) in [6.07, 6.45) is 1.95. The van der Waals surface area contributed by atoms with Crippen LogP contribution in [0.1, 0.15) is 18.3 Å². The van der Waals surface area contributed by atoms with E-state index in [0.29, 0.717) is 11.9 Å². The Morgan fingerprint density at radius 1 is 1.12 bits per heavy atom. The van der Waals surface area contributed by atoms with E-state index in [0.717, 1.165) is 27.6 Å². The Morgan fingerprint density at radius 2 is 1.79 bits per heavy atom. The van der Waals surface area contributed by atoms with Gasteiger partial charge in [-0.1, -0.05) is 41.9 Å². The van der Waals surface area contributed by atoms with E-state index in [1.54, 1.807) is 4.57 Å². The van der Waals surface area contributed by atoms with Gasteiger partial charge in [-0.15, -0.1) is 0 Å². The molecule has 0 aliphatic carbocycles. The molecule has 0 atom stereocenters. The van der Waals surface area contributed by atoms with Crippen molar-refractivity contribution >= 4 is 22.5 Å². The number of benzene rings is 2. The Labute approximate surface area is 146 Å². The van der Waals surface area contributed by atoms with E-state index < -0.39 is 0 Å². The van der Waals surface area contributed by atoms with Crippen LogP contribution in [-0.2, 0) is 6.54 Å². The van der Waals surface area contributed by atoms with Gasteiger partial charge in [-0.05, 0) is 43.7 Å². The van der Waals surface area contributed by atoms with Crippen LogP contribution in [0.15, 0.2) is 64.4 Å². The molecule has 0 saturated carbocycles. The van der Waals surface area contributed by atoms with E-state index >= 15 is 0 Å². The number of rotatable bonds is 3. The molecular weight excluding hydrogens is 320 g/mol. The number of para-hydroxylation sites is 2. The highest BCUT2D eigenvalue weighted by atomic mass is 35.5. The Hall–Kier alpha value is -2.39. The van der Waals surface area contributed by atoms with Gasteiger partial charge in [0.15, 0.2) is 0 Å². The zero-order chi connectivity index (χ0) is 17.3. The first-order valence-corrected chi connectivity index (χ1v) is 8.31. The number of aryl methyl sites for hydroxylation is 1. The van der Waals surface area contributed by atoms with Gasteiger partial charge in [-0.2, -0.15) is 4.57 Å². The molecule has 24 heavy (non-hydrogen) atoms. The molecule has 4 heteroatoms.